The van der Waals surface area contributed by atoms with Crippen LogP contribution in [0.5, 0.6) is 0 Å². The number of aromatic nitrogens is 4. The third-order valence-electron chi connectivity index (χ3n) is 2.58. The van der Waals surface area contributed by atoms with Gasteiger partial charge in [-0.2, -0.15) is 4.80 Å². The molecule has 0 saturated carbocycles. The van der Waals surface area contributed by atoms with Crippen LogP contribution < -0.4 is 5.73 Å². The Morgan fingerprint density at radius 3 is 2.78 bits per heavy atom. The van der Waals surface area contributed by atoms with Crippen LogP contribution in [-0.2, 0) is 0 Å². The lowest BCUT2D eigenvalue weighted by atomic mass is 10.2. The van der Waals surface area contributed by atoms with E-state index < -0.39 is 0 Å². The Morgan fingerprint density at radius 1 is 1.44 bits per heavy atom. The maximum atomic E-state index is 8.70. The fourth-order valence-corrected chi connectivity index (χ4v) is 1.62. The summed E-state index contributed by atoms with van der Waals surface area (Å²) in [6.45, 7) is 1.90. The van der Waals surface area contributed by atoms with Crippen molar-refractivity contribution in [3.63, 3.8) is 0 Å². The number of hydrogen-bond donors (Lipinski definition) is 2. The van der Waals surface area contributed by atoms with E-state index in [9.17, 15) is 0 Å². The SMILES string of the molecule is CCC(C(N)=NO)n1nnc(-c2ccccc2)n1. The van der Waals surface area contributed by atoms with E-state index in [-0.39, 0.29) is 11.9 Å². The Bertz CT molecular complexity index is 535. The van der Waals surface area contributed by atoms with E-state index >= 15 is 0 Å². The lowest BCUT2D eigenvalue weighted by molar-refractivity contribution is 0.310. The van der Waals surface area contributed by atoms with Crippen LogP contribution in [0.4, 0.5) is 0 Å². The van der Waals surface area contributed by atoms with E-state index in [0.717, 1.165) is 5.56 Å². The summed E-state index contributed by atoms with van der Waals surface area (Å²) in [6.07, 6.45) is 0.612. The molecule has 0 spiro atoms. The number of benzene rings is 1. The van der Waals surface area contributed by atoms with Gasteiger partial charge in [0.1, 0.15) is 6.04 Å². The summed E-state index contributed by atoms with van der Waals surface area (Å²) in [5, 5.41) is 23.8. The summed E-state index contributed by atoms with van der Waals surface area (Å²) in [7, 11) is 0. The molecule has 0 bridgehead atoms. The van der Waals surface area contributed by atoms with Gasteiger partial charge in [-0.1, -0.05) is 42.4 Å². The largest absolute Gasteiger partial charge is 0.409 e. The molecule has 1 aromatic heterocycles. The van der Waals surface area contributed by atoms with Gasteiger partial charge in [0.05, 0.1) is 0 Å². The van der Waals surface area contributed by atoms with Crippen LogP contribution in [0.1, 0.15) is 19.4 Å². The molecule has 7 nitrogen and oxygen atoms in total. The normalized spacial score (nSPS) is 13.5. The molecule has 0 aliphatic carbocycles. The van der Waals surface area contributed by atoms with Crippen molar-refractivity contribution >= 4 is 5.84 Å². The molecule has 0 amide bonds. The Kier molecular flexibility index (Phi) is 3.52. The summed E-state index contributed by atoms with van der Waals surface area (Å²) in [6, 6.07) is 9.12. The Hall–Kier alpha value is -2.44. The zero-order valence-electron chi connectivity index (χ0n) is 9.93. The molecule has 3 N–H and O–H groups in total. The molecule has 18 heavy (non-hydrogen) atoms. The maximum Gasteiger partial charge on any atom is 0.204 e. The molecule has 7 heteroatoms. The third-order valence-corrected chi connectivity index (χ3v) is 2.58. The van der Waals surface area contributed by atoms with Crippen LogP contribution in [0, 0.1) is 0 Å². The predicted octanol–water partition coefficient (Wildman–Crippen LogP) is 1.04. The van der Waals surface area contributed by atoms with E-state index in [0.29, 0.717) is 12.2 Å². The molecular weight excluding hydrogens is 232 g/mol. The second kappa shape index (κ2) is 5.26. The topological polar surface area (TPSA) is 102 Å². The smallest absolute Gasteiger partial charge is 0.204 e. The maximum absolute atomic E-state index is 8.70. The summed E-state index contributed by atoms with van der Waals surface area (Å²) < 4.78 is 0. The molecule has 0 saturated heterocycles. The minimum Gasteiger partial charge on any atom is -0.409 e. The molecule has 0 aliphatic heterocycles. The van der Waals surface area contributed by atoms with Crippen molar-refractivity contribution in [2.24, 2.45) is 10.9 Å². The first-order valence-corrected chi connectivity index (χ1v) is 5.58. The fraction of sp³-hybridized carbons (Fsp3) is 0.273. The summed E-state index contributed by atoms with van der Waals surface area (Å²) in [5.74, 6) is 0.578. The van der Waals surface area contributed by atoms with Crippen LogP contribution in [0.15, 0.2) is 35.5 Å². The lowest BCUT2D eigenvalue weighted by Gasteiger charge is -2.10. The quantitative estimate of drug-likeness (QED) is 0.363. The fourth-order valence-electron chi connectivity index (χ4n) is 1.62. The number of tetrazole rings is 1. The van der Waals surface area contributed by atoms with Gasteiger partial charge in [-0.05, 0) is 11.6 Å². The van der Waals surface area contributed by atoms with Crippen molar-refractivity contribution in [2.45, 2.75) is 19.4 Å². The van der Waals surface area contributed by atoms with E-state index in [1.807, 2.05) is 37.3 Å². The number of nitrogens with two attached hydrogens (primary N) is 1. The zero-order valence-corrected chi connectivity index (χ0v) is 9.93. The highest BCUT2D eigenvalue weighted by Crippen LogP contribution is 2.14. The van der Waals surface area contributed by atoms with Gasteiger partial charge in [-0.25, -0.2) is 0 Å². The summed E-state index contributed by atoms with van der Waals surface area (Å²) in [4.78, 5) is 1.36. The molecule has 0 radical (unpaired) electrons. The highest BCUT2D eigenvalue weighted by Gasteiger charge is 2.18. The Labute approximate surface area is 104 Å². The molecular formula is C11H14N6O. The first-order chi connectivity index (χ1) is 8.76. The number of amidine groups is 1. The van der Waals surface area contributed by atoms with Gasteiger partial charge in [-0.15, -0.1) is 10.2 Å². The number of nitrogens with zero attached hydrogens (tertiary/aromatic N) is 5. The van der Waals surface area contributed by atoms with Crippen LogP contribution in [-0.4, -0.2) is 31.3 Å². The number of rotatable bonds is 4. The number of oxime groups is 1. The average molecular weight is 246 g/mol. The lowest BCUT2D eigenvalue weighted by Crippen LogP contribution is -2.28. The monoisotopic (exact) mass is 246 g/mol. The van der Waals surface area contributed by atoms with Crippen LogP contribution in [0.2, 0.25) is 0 Å². The minimum atomic E-state index is -0.389. The second-order valence-electron chi connectivity index (χ2n) is 3.75. The predicted molar refractivity (Wildman–Crippen MR) is 66.0 cm³/mol. The standard InChI is InChI=1S/C11H14N6O/c1-2-9(10(12)15-18)17-14-11(13-16-17)8-6-4-3-5-7-8/h3-7,9,18H,2H2,1H3,(H2,12,15). The molecule has 0 fully saturated rings. The van der Waals surface area contributed by atoms with Crippen molar-refractivity contribution in [3.8, 4) is 11.4 Å². The average Bonchev–Trinajstić information content (AvgIpc) is 2.90. The van der Waals surface area contributed by atoms with Gasteiger partial charge in [0.2, 0.25) is 5.82 Å². The molecule has 1 heterocycles. The Balaban J connectivity index is 2.30. The van der Waals surface area contributed by atoms with Gasteiger partial charge >= 0.3 is 0 Å². The van der Waals surface area contributed by atoms with Gasteiger partial charge in [0.25, 0.3) is 0 Å². The van der Waals surface area contributed by atoms with Gasteiger partial charge in [-0.3, -0.25) is 0 Å². The third kappa shape index (κ3) is 2.29. The van der Waals surface area contributed by atoms with Crippen molar-refractivity contribution in [1.82, 2.24) is 20.2 Å². The van der Waals surface area contributed by atoms with E-state index in [1.165, 1.54) is 4.80 Å². The van der Waals surface area contributed by atoms with Gasteiger partial charge in [0, 0.05) is 5.56 Å². The van der Waals surface area contributed by atoms with Gasteiger partial charge < -0.3 is 10.9 Å². The molecule has 2 rings (SSSR count). The summed E-state index contributed by atoms with van der Waals surface area (Å²) in [5.41, 5.74) is 6.45. The van der Waals surface area contributed by atoms with Gasteiger partial charge in [0.15, 0.2) is 5.84 Å². The molecule has 94 valence electrons. The van der Waals surface area contributed by atoms with Crippen molar-refractivity contribution in [3.05, 3.63) is 30.3 Å². The van der Waals surface area contributed by atoms with Crippen LogP contribution >= 0.6 is 0 Å². The van der Waals surface area contributed by atoms with Crippen molar-refractivity contribution < 1.29 is 5.21 Å². The minimum absolute atomic E-state index is 0.0644. The molecule has 1 aromatic carbocycles. The van der Waals surface area contributed by atoms with Crippen LogP contribution in [0.3, 0.4) is 0 Å². The molecule has 1 unspecified atom stereocenters. The molecule has 0 aliphatic rings. The van der Waals surface area contributed by atoms with E-state index in [2.05, 4.69) is 20.6 Å². The van der Waals surface area contributed by atoms with Crippen molar-refractivity contribution in [2.75, 3.05) is 0 Å². The number of hydrogen-bond acceptors (Lipinski definition) is 5. The first-order valence-electron chi connectivity index (χ1n) is 5.58. The second-order valence-corrected chi connectivity index (χ2v) is 3.75. The highest BCUT2D eigenvalue weighted by molar-refractivity contribution is 5.83. The zero-order chi connectivity index (χ0) is 13.0. The van der Waals surface area contributed by atoms with E-state index in [4.69, 9.17) is 10.9 Å². The Morgan fingerprint density at radius 2 is 2.17 bits per heavy atom. The highest BCUT2D eigenvalue weighted by atomic mass is 16.4. The summed E-state index contributed by atoms with van der Waals surface area (Å²) >= 11 is 0. The molecule has 2 aromatic rings. The van der Waals surface area contributed by atoms with Crippen molar-refractivity contribution in [1.29, 1.82) is 0 Å². The molecule has 1 atom stereocenters. The van der Waals surface area contributed by atoms with Crippen LogP contribution in [0.25, 0.3) is 11.4 Å². The van der Waals surface area contributed by atoms with E-state index in [1.54, 1.807) is 0 Å². The first kappa shape index (κ1) is 12.0.